The van der Waals surface area contributed by atoms with E-state index in [0.29, 0.717) is 4.90 Å². The number of imide groups is 1. The lowest BCUT2D eigenvalue weighted by molar-refractivity contribution is -0.385. The summed E-state index contributed by atoms with van der Waals surface area (Å²) >= 11 is 0. The third-order valence-electron chi connectivity index (χ3n) is 6.23. The first kappa shape index (κ1) is 28.0. The van der Waals surface area contributed by atoms with Crippen LogP contribution >= 0.6 is 0 Å². The quantitative estimate of drug-likeness (QED) is 0.191. The highest BCUT2D eigenvalue weighted by Crippen LogP contribution is 2.34. The molecule has 14 nitrogen and oxygen atoms in total. The molecule has 3 heterocycles. The van der Waals surface area contributed by atoms with E-state index in [2.05, 4.69) is 10.6 Å². The van der Waals surface area contributed by atoms with Crippen molar-refractivity contribution in [2.24, 2.45) is 5.92 Å². The Balaban J connectivity index is 1.65. The van der Waals surface area contributed by atoms with E-state index in [-0.39, 0.29) is 41.5 Å². The number of furan rings is 1. The van der Waals surface area contributed by atoms with E-state index in [1.54, 1.807) is 32.9 Å². The van der Waals surface area contributed by atoms with Crippen LogP contribution in [0.1, 0.15) is 59.7 Å². The topological polar surface area (TPSA) is 187 Å². The van der Waals surface area contributed by atoms with Gasteiger partial charge in [0, 0.05) is 6.07 Å². The van der Waals surface area contributed by atoms with Crippen LogP contribution in [0.2, 0.25) is 0 Å². The van der Waals surface area contributed by atoms with E-state index in [9.17, 15) is 34.1 Å². The Morgan fingerprint density at radius 2 is 1.88 bits per heavy atom. The van der Waals surface area contributed by atoms with Gasteiger partial charge in [-0.15, -0.1) is 0 Å². The number of hydrogen-bond donors (Lipinski definition) is 2. The lowest BCUT2D eigenvalue weighted by atomic mass is 10.00. The van der Waals surface area contributed by atoms with Crippen LogP contribution in [-0.4, -0.2) is 58.9 Å². The number of nitro benzene ring substituents is 1. The summed E-state index contributed by atoms with van der Waals surface area (Å²) in [5.41, 5.74) is -1.31. The van der Waals surface area contributed by atoms with Gasteiger partial charge in [-0.1, -0.05) is 19.9 Å². The first-order chi connectivity index (χ1) is 19.0. The minimum atomic E-state index is -1.43. The van der Waals surface area contributed by atoms with E-state index in [4.69, 9.17) is 13.9 Å². The molecule has 14 heteroatoms. The van der Waals surface area contributed by atoms with Gasteiger partial charge >= 0.3 is 18.0 Å². The van der Waals surface area contributed by atoms with E-state index in [0.717, 1.165) is 6.07 Å². The number of amides is 4. The summed E-state index contributed by atoms with van der Waals surface area (Å²) in [5, 5.41) is 16.5. The molecule has 2 aliphatic heterocycles. The zero-order valence-corrected chi connectivity index (χ0v) is 21.8. The molecule has 0 fully saturated rings. The number of ether oxygens (including phenoxy) is 2. The van der Waals surface area contributed by atoms with Crippen LogP contribution in [-0.2, 0) is 19.1 Å². The molecule has 4 rings (SSSR count). The van der Waals surface area contributed by atoms with Crippen molar-refractivity contribution < 1.29 is 42.8 Å². The van der Waals surface area contributed by atoms with E-state index < -0.39 is 64.6 Å². The molecule has 40 heavy (non-hydrogen) atoms. The molecule has 2 aliphatic rings. The highest BCUT2D eigenvalue weighted by Gasteiger charge is 2.47. The van der Waals surface area contributed by atoms with Gasteiger partial charge in [0.25, 0.3) is 17.5 Å². The van der Waals surface area contributed by atoms with Crippen LogP contribution in [0.3, 0.4) is 0 Å². The van der Waals surface area contributed by atoms with Gasteiger partial charge in [0.15, 0.2) is 0 Å². The molecule has 2 N–H and O–H groups in total. The Hall–Kier alpha value is -5.01. The smallest absolute Gasteiger partial charge is 0.338 e. The van der Waals surface area contributed by atoms with Crippen molar-refractivity contribution in [1.82, 2.24) is 15.5 Å². The highest BCUT2D eigenvalue weighted by molar-refractivity contribution is 6.24. The average molecular weight is 555 g/mol. The molecule has 4 amide bonds. The molecule has 0 radical (unpaired) electrons. The second-order valence-corrected chi connectivity index (χ2v) is 9.35. The number of nitrogens with zero attached hydrogens (tertiary/aromatic N) is 2. The molecule has 0 unspecified atom stereocenters. The predicted molar refractivity (Wildman–Crippen MR) is 135 cm³/mol. The van der Waals surface area contributed by atoms with Crippen molar-refractivity contribution >= 4 is 35.5 Å². The number of carbonyl (C=O) groups is 5. The summed E-state index contributed by atoms with van der Waals surface area (Å²) < 4.78 is 15.9. The van der Waals surface area contributed by atoms with Gasteiger partial charge in [-0.3, -0.25) is 24.6 Å². The summed E-state index contributed by atoms with van der Waals surface area (Å²) in [5.74, 6) is -3.64. The molecule has 210 valence electrons. The Bertz CT molecular complexity index is 1410. The fourth-order valence-electron chi connectivity index (χ4n) is 4.56. The van der Waals surface area contributed by atoms with Gasteiger partial charge in [-0.05, 0) is 37.5 Å². The van der Waals surface area contributed by atoms with Crippen LogP contribution in [0.25, 0.3) is 0 Å². The lowest BCUT2D eigenvalue weighted by Crippen LogP contribution is -2.48. The molecule has 0 spiro atoms. The van der Waals surface area contributed by atoms with Gasteiger partial charge < -0.3 is 24.5 Å². The van der Waals surface area contributed by atoms with Crippen molar-refractivity contribution in [3.8, 4) is 0 Å². The fraction of sp³-hybridized carbons (Fsp3) is 0.346. The van der Waals surface area contributed by atoms with Gasteiger partial charge in [0.05, 0.1) is 34.6 Å². The molecule has 0 saturated heterocycles. The van der Waals surface area contributed by atoms with Gasteiger partial charge in [0.1, 0.15) is 30.0 Å². The summed E-state index contributed by atoms with van der Waals surface area (Å²) in [6, 6.07) is 3.58. The molecular formula is C26H26N4O10. The standard InChI is InChI=1S/C26H26N4O10/c1-4-38-25(34)20-15(27-26(35)28-21(20)18-9-6-10-39-18)12-40-24(33)17(11-13(2)3)29-22(31)14-7-5-8-16(30(36)37)19(14)23(29)32/h5-10,13,17,21H,4,11-12H2,1-3H3,(H2,27,28,35)/t17-,21+/m0/s1. The SMILES string of the molecule is CCOC(=O)C1=C(COC(=O)[C@H](CC(C)C)N2C(=O)c3cccc([N+](=O)[O-])c3C2=O)NC(=O)N[C@@H]1c1ccco1. The number of benzene rings is 1. The molecule has 1 aromatic heterocycles. The van der Waals surface area contributed by atoms with Crippen molar-refractivity contribution in [2.75, 3.05) is 13.2 Å². The monoisotopic (exact) mass is 554 g/mol. The Labute approximate surface area is 227 Å². The number of nitro groups is 1. The number of fused-ring (bicyclic) bond motifs is 1. The molecule has 1 aromatic carbocycles. The summed E-state index contributed by atoms with van der Waals surface area (Å²) in [6.45, 7) is 4.51. The van der Waals surface area contributed by atoms with Crippen LogP contribution in [0, 0.1) is 16.0 Å². The molecule has 0 saturated carbocycles. The number of carbonyl (C=O) groups excluding carboxylic acids is 5. The zero-order chi connectivity index (χ0) is 29.1. The fourth-order valence-corrected chi connectivity index (χ4v) is 4.56. The Kier molecular flexibility index (Phi) is 7.98. The number of urea groups is 1. The maximum Gasteiger partial charge on any atom is 0.338 e. The van der Waals surface area contributed by atoms with Crippen LogP contribution in [0.4, 0.5) is 10.5 Å². The summed E-state index contributed by atoms with van der Waals surface area (Å²) in [7, 11) is 0. The molecule has 0 aliphatic carbocycles. The highest BCUT2D eigenvalue weighted by atomic mass is 16.6. The molecular weight excluding hydrogens is 528 g/mol. The minimum absolute atomic E-state index is 0.00911. The Morgan fingerprint density at radius 3 is 2.50 bits per heavy atom. The largest absolute Gasteiger partial charge is 0.467 e. The predicted octanol–water partition coefficient (Wildman–Crippen LogP) is 2.61. The van der Waals surface area contributed by atoms with Gasteiger partial charge in [0.2, 0.25) is 0 Å². The van der Waals surface area contributed by atoms with Crippen LogP contribution < -0.4 is 10.6 Å². The third-order valence-corrected chi connectivity index (χ3v) is 6.23. The van der Waals surface area contributed by atoms with E-state index >= 15 is 0 Å². The van der Waals surface area contributed by atoms with Crippen LogP contribution in [0.15, 0.2) is 52.3 Å². The average Bonchev–Trinajstić information content (AvgIpc) is 3.52. The van der Waals surface area contributed by atoms with Crippen molar-refractivity contribution in [3.63, 3.8) is 0 Å². The molecule has 0 bridgehead atoms. The first-order valence-electron chi connectivity index (χ1n) is 12.4. The van der Waals surface area contributed by atoms with Gasteiger partial charge in [-0.2, -0.15) is 0 Å². The van der Waals surface area contributed by atoms with E-state index in [1.165, 1.54) is 18.4 Å². The second kappa shape index (κ2) is 11.4. The first-order valence-corrected chi connectivity index (χ1v) is 12.4. The van der Waals surface area contributed by atoms with Crippen molar-refractivity contribution in [1.29, 1.82) is 0 Å². The number of rotatable bonds is 10. The minimum Gasteiger partial charge on any atom is -0.467 e. The number of esters is 2. The maximum atomic E-state index is 13.4. The molecule has 2 aromatic rings. The van der Waals surface area contributed by atoms with Crippen LogP contribution in [0.5, 0.6) is 0 Å². The molecule has 2 atom stereocenters. The Morgan fingerprint density at radius 1 is 1.12 bits per heavy atom. The zero-order valence-electron chi connectivity index (χ0n) is 21.8. The summed E-state index contributed by atoms with van der Waals surface area (Å²) in [6.07, 6.45) is 1.35. The maximum absolute atomic E-state index is 13.4. The lowest BCUT2D eigenvalue weighted by Gasteiger charge is -2.29. The van der Waals surface area contributed by atoms with Crippen molar-refractivity contribution in [2.45, 2.75) is 39.3 Å². The normalized spacial score (nSPS) is 17.4. The second-order valence-electron chi connectivity index (χ2n) is 9.35. The van der Waals surface area contributed by atoms with Gasteiger partial charge in [-0.25, -0.2) is 14.4 Å². The van der Waals surface area contributed by atoms with E-state index in [1.807, 2.05) is 0 Å². The third kappa shape index (κ3) is 5.28. The number of hydrogen-bond acceptors (Lipinski definition) is 10. The number of nitrogens with one attached hydrogen (secondary N) is 2. The summed E-state index contributed by atoms with van der Waals surface area (Å²) in [4.78, 5) is 76.4. The van der Waals surface area contributed by atoms with Crippen molar-refractivity contribution in [3.05, 3.63) is 74.9 Å².